The van der Waals surface area contributed by atoms with E-state index in [0.29, 0.717) is 26.0 Å². The first kappa shape index (κ1) is 17.5. The minimum absolute atomic E-state index is 0.0543. The van der Waals surface area contributed by atoms with Crippen molar-refractivity contribution in [2.45, 2.75) is 43.4 Å². The van der Waals surface area contributed by atoms with Gasteiger partial charge in [0, 0.05) is 38.2 Å². The summed E-state index contributed by atoms with van der Waals surface area (Å²) in [5.41, 5.74) is 2.48. The van der Waals surface area contributed by atoms with E-state index in [9.17, 15) is 9.59 Å². The van der Waals surface area contributed by atoms with Gasteiger partial charge < -0.3 is 10.2 Å². The number of urea groups is 1. The van der Waals surface area contributed by atoms with E-state index < -0.39 is 6.04 Å². The summed E-state index contributed by atoms with van der Waals surface area (Å²) >= 11 is 3.71. The van der Waals surface area contributed by atoms with Crippen molar-refractivity contribution < 1.29 is 18.7 Å². The first-order valence-electron chi connectivity index (χ1n) is 8.59. The monoisotopic (exact) mass is 383 g/mol. The third-order valence-corrected chi connectivity index (χ3v) is 5.36. The second-order valence-corrected chi connectivity index (χ2v) is 6.91. The standard InChI is InChI=1S/C14H21N7O4S/c22-13(12-2-1-10-7-19(12)14(23)21(10)25-26)17-24-8-9-5-11(6-15-9)20-4-3-16-18-20/h3-4,9-12,15,26H,1-2,5-8H2,(H,17,22)/t9-,10?,11+,12?/m1/s1. The third-order valence-electron chi connectivity index (χ3n) is 5.18. The zero-order chi connectivity index (χ0) is 18.1. The highest BCUT2D eigenvalue weighted by Crippen LogP contribution is 2.30. The molecular formula is C14H21N7O4S. The van der Waals surface area contributed by atoms with Crippen molar-refractivity contribution >= 4 is 24.8 Å². The van der Waals surface area contributed by atoms with Crippen molar-refractivity contribution in [3.63, 3.8) is 0 Å². The summed E-state index contributed by atoms with van der Waals surface area (Å²) in [7, 11) is 0. The minimum Gasteiger partial charge on any atom is -0.309 e. The molecule has 3 amide bonds. The van der Waals surface area contributed by atoms with Crippen LogP contribution in [-0.4, -0.2) is 74.7 Å². The molecule has 2 N–H and O–H groups in total. The van der Waals surface area contributed by atoms with E-state index in [2.05, 4.69) is 34.0 Å². The normalized spacial score (nSPS) is 30.9. The van der Waals surface area contributed by atoms with Gasteiger partial charge in [-0.1, -0.05) is 5.21 Å². The Morgan fingerprint density at radius 3 is 3.08 bits per heavy atom. The van der Waals surface area contributed by atoms with Gasteiger partial charge in [0.2, 0.25) is 0 Å². The highest BCUT2D eigenvalue weighted by Gasteiger charge is 2.48. The Bertz CT molecular complexity index is 660. The Balaban J connectivity index is 1.23. The highest BCUT2D eigenvalue weighted by molar-refractivity contribution is 7.75. The molecule has 3 aliphatic rings. The summed E-state index contributed by atoms with van der Waals surface area (Å²) in [4.78, 5) is 31.5. The van der Waals surface area contributed by atoms with Crippen LogP contribution in [-0.2, 0) is 13.9 Å². The number of fused-ring (bicyclic) bond motifs is 2. The van der Waals surface area contributed by atoms with Crippen molar-refractivity contribution in [1.82, 2.24) is 35.8 Å². The molecule has 26 heavy (non-hydrogen) atoms. The maximum atomic E-state index is 12.4. The topological polar surface area (TPSA) is 114 Å². The molecule has 1 aromatic heterocycles. The second kappa shape index (κ2) is 7.39. The Morgan fingerprint density at radius 2 is 2.31 bits per heavy atom. The molecule has 0 saturated carbocycles. The number of piperidine rings is 1. The lowest BCUT2D eigenvalue weighted by Gasteiger charge is -2.29. The number of nitrogens with one attached hydrogen (secondary N) is 2. The molecule has 4 heterocycles. The summed E-state index contributed by atoms with van der Waals surface area (Å²) < 4.78 is 6.63. The van der Waals surface area contributed by atoms with Gasteiger partial charge in [-0.05, 0) is 19.3 Å². The predicted octanol–water partition coefficient (Wildman–Crippen LogP) is -0.726. The van der Waals surface area contributed by atoms with Crippen LogP contribution in [0.25, 0.3) is 0 Å². The molecule has 3 saturated heterocycles. The molecule has 1 aromatic rings. The fourth-order valence-corrected chi connectivity index (χ4v) is 4.03. The number of nitrogens with zero attached hydrogens (tertiary/aromatic N) is 5. The fraction of sp³-hybridized carbons (Fsp3) is 0.714. The van der Waals surface area contributed by atoms with Crippen molar-refractivity contribution in [2.75, 3.05) is 19.7 Å². The summed E-state index contributed by atoms with van der Waals surface area (Å²) in [5, 5.41) is 12.4. The van der Waals surface area contributed by atoms with Gasteiger partial charge in [0.15, 0.2) is 0 Å². The van der Waals surface area contributed by atoms with Crippen LogP contribution < -0.4 is 10.8 Å². The van der Waals surface area contributed by atoms with Gasteiger partial charge >= 0.3 is 6.03 Å². The molecular weight excluding hydrogens is 362 g/mol. The van der Waals surface area contributed by atoms with Crippen LogP contribution in [0.4, 0.5) is 4.79 Å². The van der Waals surface area contributed by atoms with E-state index in [1.807, 2.05) is 10.9 Å². The van der Waals surface area contributed by atoms with Gasteiger partial charge in [-0.25, -0.2) is 19.2 Å². The number of thiol groups is 1. The molecule has 0 aliphatic carbocycles. The van der Waals surface area contributed by atoms with Crippen molar-refractivity contribution in [3.05, 3.63) is 12.4 Å². The largest absolute Gasteiger partial charge is 0.345 e. The molecule has 12 heteroatoms. The summed E-state index contributed by atoms with van der Waals surface area (Å²) in [6.45, 7) is 1.57. The van der Waals surface area contributed by atoms with Crippen molar-refractivity contribution in [2.24, 2.45) is 0 Å². The molecule has 2 unspecified atom stereocenters. The number of carbonyl (C=O) groups excluding carboxylic acids is 2. The van der Waals surface area contributed by atoms with Crippen LogP contribution in [0, 0.1) is 0 Å². The lowest BCUT2D eigenvalue weighted by atomic mass is 10.0. The molecule has 0 spiro atoms. The number of hydroxylamine groups is 3. The molecule has 0 aromatic carbocycles. The van der Waals surface area contributed by atoms with E-state index in [-0.39, 0.29) is 30.1 Å². The van der Waals surface area contributed by atoms with E-state index >= 15 is 0 Å². The first-order chi connectivity index (χ1) is 12.7. The lowest BCUT2D eigenvalue weighted by molar-refractivity contribution is -0.139. The van der Waals surface area contributed by atoms with E-state index in [0.717, 1.165) is 13.0 Å². The molecule has 142 valence electrons. The molecule has 3 fully saturated rings. The maximum Gasteiger partial charge on any atom is 0.345 e. The van der Waals surface area contributed by atoms with E-state index in [1.54, 1.807) is 6.20 Å². The van der Waals surface area contributed by atoms with Crippen molar-refractivity contribution in [3.8, 4) is 0 Å². The Kier molecular flexibility index (Phi) is 4.98. The minimum atomic E-state index is -0.549. The number of rotatable bonds is 6. The summed E-state index contributed by atoms with van der Waals surface area (Å²) in [6.07, 6.45) is 5.57. The number of amides is 3. The number of hydrogen-bond acceptors (Lipinski definition) is 8. The van der Waals surface area contributed by atoms with Gasteiger partial charge in [0.1, 0.15) is 6.04 Å². The average molecular weight is 383 g/mol. The number of carbonyl (C=O) groups is 2. The number of hydrogen-bond donors (Lipinski definition) is 3. The Morgan fingerprint density at radius 1 is 1.42 bits per heavy atom. The second-order valence-electron chi connectivity index (χ2n) is 6.74. The highest BCUT2D eigenvalue weighted by atomic mass is 32.1. The summed E-state index contributed by atoms with van der Waals surface area (Å²) in [5.74, 6) is -0.316. The van der Waals surface area contributed by atoms with Crippen LogP contribution >= 0.6 is 12.9 Å². The van der Waals surface area contributed by atoms with Crippen LogP contribution in [0.5, 0.6) is 0 Å². The van der Waals surface area contributed by atoms with Gasteiger partial charge in [-0.15, -0.1) is 5.10 Å². The molecule has 3 aliphatic heterocycles. The molecule has 11 nitrogen and oxygen atoms in total. The fourth-order valence-electron chi connectivity index (χ4n) is 3.83. The van der Waals surface area contributed by atoms with Crippen LogP contribution in [0.2, 0.25) is 0 Å². The van der Waals surface area contributed by atoms with Crippen LogP contribution in [0.3, 0.4) is 0 Å². The van der Waals surface area contributed by atoms with Crippen LogP contribution in [0.15, 0.2) is 12.4 Å². The van der Waals surface area contributed by atoms with Crippen molar-refractivity contribution in [1.29, 1.82) is 0 Å². The lowest BCUT2D eigenvalue weighted by Crippen LogP contribution is -2.50. The quantitative estimate of drug-likeness (QED) is 0.337. The van der Waals surface area contributed by atoms with Gasteiger partial charge in [-0.2, -0.15) is 5.06 Å². The SMILES string of the molecule is O=C(NOC[C@H]1C[C@H](n2ccnn2)CN1)C1CCC2CN1C(=O)N2OS. The zero-order valence-electron chi connectivity index (χ0n) is 14.0. The van der Waals surface area contributed by atoms with E-state index in [1.165, 1.54) is 9.96 Å². The van der Waals surface area contributed by atoms with Crippen LogP contribution in [0.1, 0.15) is 25.3 Å². The smallest absolute Gasteiger partial charge is 0.309 e. The average Bonchev–Trinajstić information content (AvgIpc) is 3.37. The zero-order valence-corrected chi connectivity index (χ0v) is 14.9. The van der Waals surface area contributed by atoms with Gasteiger partial charge in [-0.3, -0.25) is 9.63 Å². The molecule has 4 rings (SSSR count). The third kappa shape index (κ3) is 3.24. The van der Waals surface area contributed by atoms with E-state index in [4.69, 9.17) is 9.12 Å². The predicted molar refractivity (Wildman–Crippen MR) is 90.4 cm³/mol. The molecule has 2 bridgehead atoms. The Hall–Kier alpha value is -1.89. The summed E-state index contributed by atoms with van der Waals surface area (Å²) in [6, 6.07) is -0.600. The van der Waals surface area contributed by atoms with Gasteiger partial charge in [0.25, 0.3) is 5.91 Å². The molecule has 4 atom stereocenters. The number of aromatic nitrogens is 3. The van der Waals surface area contributed by atoms with Gasteiger partial charge in [0.05, 0.1) is 24.9 Å². The first-order valence-corrected chi connectivity index (χ1v) is 8.96. The maximum absolute atomic E-state index is 12.4. The molecule has 0 radical (unpaired) electrons. The Labute approximate surface area is 155 Å².